The highest BCUT2D eigenvalue weighted by atomic mass is 16.8. The quantitative estimate of drug-likeness (QED) is 0.822. The predicted molar refractivity (Wildman–Crippen MR) is 105 cm³/mol. The summed E-state index contributed by atoms with van der Waals surface area (Å²) in [4.78, 5) is 17.0. The van der Waals surface area contributed by atoms with E-state index in [1.54, 1.807) is 12.1 Å². The Kier molecular flexibility index (Phi) is 4.93. The molecule has 1 aliphatic carbocycles. The minimum atomic E-state index is -0.438. The number of fused-ring (bicyclic) bond motifs is 1. The molecule has 1 fully saturated rings. The second-order valence-electron chi connectivity index (χ2n) is 8.29. The molecule has 1 amide bonds. The van der Waals surface area contributed by atoms with Crippen molar-refractivity contribution in [1.82, 2.24) is 9.78 Å². The van der Waals surface area contributed by atoms with Crippen LogP contribution in [0.25, 0.3) is 5.69 Å². The number of nitrogens with zero attached hydrogens (tertiary/aromatic N) is 3. The van der Waals surface area contributed by atoms with E-state index in [-0.39, 0.29) is 11.7 Å². The number of oxime groups is 1. The zero-order valence-electron chi connectivity index (χ0n) is 16.4. The minimum absolute atomic E-state index is 0.0353. The molecule has 2 aromatic rings. The van der Waals surface area contributed by atoms with Crippen molar-refractivity contribution < 1.29 is 14.4 Å². The number of hydrogen-bond acceptors (Lipinski definition) is 5. The summed E-state index contributed by atoms with van der Waals surface area (Å²) in [6.07, 6.45) is 6.33. The SMILES string of the molecule is CC1(C)CC(=NOC2CCCCO2)c2cnn(-c3ccc(C(N)=O)cc3)c2C1. The highest BCUT2D eigenvalue weighted by Gasteiger charge is 2.33. The number of nitrogens with two attached hydrogens (primary N) is 1. The van der Waals surface area contributed by atoms with Gasteiger partial charge in [-0.3, -0.25) is 4.79 Å². The molecule has 4 rings (SSSR count). The maximum absolute atomic E-state index is 11.3. The van der Waals surface area contributed by atoms with Crippen molar-refractivity contribution in [2.24, 2.45) is 16.3 Å². The number of carbonyl (C=O) groups is 1. The highest BCUT2D eigenvalue weighted by molar-refractivity contribution is 6.02. The van der Waals surface area contributed by atoms with Crippen LogP contribution in [0, 0.1) is 5.41 Å². The van der Waals surface area contributed by atoms with Crippen LogP contribution in [0.3, 0.4) is 0 Å². The molecule has 0 saturated carbocycles. The normalized spacial score (nSPS) is 22.6. The molecule has 28 heavy (non-hydrogen) atoms. The van der Waals surface area contributed by atoms with Crippen LogP contribution in [0.15, 0.2) is 35.6 Å². The van der Waals surface area contributed by atoms with E-state index in [9.17, 15) is 4.79 Å². The molecule has 0 radical (unpaired) electrons. The average molecular weight is 382 g/mol. The molecule has 148 valence electrons. The Bertz CT molecular complexity index is 893. The molecular formula is C21H26N4O3. The topological polar surface area (TPSA) is 91.7 Å². The van der Waals surface area contributed by atoms with E-state index in [1.807, 2.05) is 23.0 Å². The fourth-order valence-corrected chi connectivity index (χ4v) is 3.84. The van der Waals surface area contributed by atoms with Crippen LogP contribution in [0.4, 0.5) is 0 Å². The third kappa shape index (κ3) is 3.80. The largest absolute Gasteiger partial charge is 0.366 e. The van der Waals surface area contributed by atoms with Crippen LogP contribution in [0.5, 0.6) is 0 Å². The summed E-state index contributed by atoms with van der Waals surface area (Å²) in [6, 6.07) is 7.16. The molecule has 1 aliphatic heterocycles. The summed E-state index contributed by atoms with van der Waals surface area (Å²) in [7, 11) is 0. The zero-order chi connectivity index (χ0) is 19.7. The molecule has 1 aromatic heterocycles. The first-order valence-corrected chi connectivity index (χ1v) is 9.75. The standard InChI is InChI=1S/C21H26N4O3/c1-21(2)11-17(24-28-19-5-3-4-10-27-19)16-13-23-25(18(16)12-21)15-8-6-14(7-9-15)20(22)26/h6-9,13,19H,3-5,10-12H2,1-2H3,(H2,22,26). The fourth-order valence-electron chi connectivity index (χ4n) is 3.84. The van der Waals surface area contributed by atoms with Gasteiger partial charge in [0.15, 0.2) is 0 Å². The maximum Gasteiger partial charge on any atom is 0.248 e. The smallest absolute Gasteiger partial charge is 0.248 e. The van der Waals surface area contributed by atoms with Gasteiger partial charge in [-0.25, -0.2) is 4.68 Å². The molecule has 2 N–H and O–H groups in total. The first-order valence-electron chi connectivity index (χ1n) is 9.75. The van der Waals surface area contributed by atoms with E-state index in [4.69, 9.17) is 15.3 Å². The van der Waals surface area contributed by atoms with Gasteiger partial charge in [0.25, 0.3) is 0 Å². The Balaban J connectivity index is 1.64. The van der Waals surface area contributed by atoms with Crippen LogP contribution in [0.2, 0.25) is 0 Å². The van der Waals surface area contributed by atoms with E-state index in [0.29, 0.717) is 5.56 Å². The van der Waals surface area contributed by atoms with Gasteiger partial charge >= 0.3 is 0 Å². The summed E-state index contributed by atoms with van der Waals surface area (Å²) in [5.41, 5.74) is 9.75. The van der Waals surface area contributed by atoms with Crippen molar-refractivity contribution in [3.8, 4) is 5.69 Å². The number of rotatable bonds is 4. The molecule has 1 aromatic carbocycles. The second kappa shape index (κ2) is 7.39. The molecule has 0 bridgehead atoms. The molecule has 2 aliphatic rings. The molecule has 2 heterocycles. The minimum Gasteiger partial charge on any atom is -0.366 e. The molecule has 1 saturated heterocycles. The molecule has 7 heteroatoms. The van der Waals surface area contributed by atoms with Crippen LogP contribution < -0.4 is 5.73 Å². The number of amides is 1. The van der Waals surface area contributed by atoms with Crippen molar-refractivity contribution in [1.29, 1.82) is 0 Å². The molecular weight excluding hydrogens is 356 g/mol. The Morgan fingerprint density at radius 1 is 1.29 bits per heavy atom. The van der Waals surface area contributed by atoms with E-state index in [0.717, 1.165) is 61.4 Å². The lowest BCUT2D eigenvalue weighted by molar-refractivity contribution is -0.162. The van der Waals surface area contributed by atoms with Crippen LogP contribution >= 0.6 is 0 Å². The fraction of sp³-hybridized carbons (Fsp3) is 0.476. The van der Waals surface area contributed by atoms with E-state index in [1.165, 1.54) is 0 Å². The van der Waals surface area contributed by atoms with Crippen LogP contribution in [0.1, 0.15) is 61.1 Å². The van der Waals surface area contributed by atoms with Gasteiger partial charge < -0.3 is 15.3 Å². The summed E-state index contributed by atoms with van der Waals surface area (Å²) < 4.78 is 7.54. The monoisotopic (exact) mass is 382 g/mol. The summed E-state index contributed by atoms with van der Waals surface area (Å²) >= 11 is 0. The zero-order valence-corrected chi connectivity index (χ0v) is 16.4. The number of carbonyl (C=O) groups excluding carboxylic acids is 1. The lowest BCUT2D eigenvalue weighted by atomic mass is 9.76. The van der Waals surface area contributed by atoms with Gasteiger partial charge in [-0.2, -0.15) is 5.10 Å². The van der Waals surface area contributed by atoms with Gasteiger partial charge in [-0.1, -0.05) is 19.0 Å². The third-order valence-electron chi connectivity index (χ3n) is 5.29. The van der Waals surface area contributed by atoms with Crippen molar-refractivity contribution in [3.63, 3.8) is 0 Å². The second-order valence-corrected chi connectivity index (χ2v) is 8.29. The first-order chi connectivity index (χ1) is 13.4. The van der Waals surface area contributed by atoms with Gasteiger partial charge in [-0.05, 0) is 55.4 Å². The number of aromatic nitrogens is 2. The van der Waals surface area contributed by atoms with Crippen LogP contribution in [-0.2, 0) is 16.0 Å². The average Bonchev–Trinajstić information content (AvgIpc) is 3.09. The molecule has 1 atom stereocenters. The molecule has 1 unspecified atom stereocenters. The lowest BCUT2D eigenvalue weighted by Gasteiger charge is -2.31. The number of benzene rings is 1. The van der Waals surface area contributed by atoms with E-state index >= 15 is 0 Å². The van der Waals surface area contributed by atoms with E-state index in [2.05, 4.69) is 24.1 Å². The Hall–Kier alpha value is -2.67. The molecule has 0 spiro atoms. The van der Waals surface area contributed by atoms with Crippen LogP contribution in [-0.4, -0.2) is 34.3 Å². The highest BCUT2D eigenvalue weighted by Crippen LogP contribution is 2.36. The molecule has 7 nitrogen and oxygen atoms in total. The predicted octanol–water partition coefficient (Wildman–Crippen LogP) is 3.19. The Morgan fingerprint density at radius 3 is 2.75 bits per heavy atom. The number of primary amides is 1. The maximum atomic E-state index is 11.3. The first kappa shape index (κ1) is 18.7. The van der Waals surface area contributed by atoms with Crippen molar-refractivity contribution in [3.05, 3.63) is 47.3 Å². The van der Waals surface area contributed by atoms with Gasteiger partial charge in [0.1, 0.15) is 0 Å². The Labute approximate surface area is 164 Å². The van der Waals surface area contributed by atoms with Gasteiger partial charge in [-0.15, -0.1) is 0 Å². The van der Waals surface area contributed by atoms with Gasteiger partial charge in [0.05, 0.1) is 29.9 Å². The number of hydrogen-bond donors (Lipinski definition) is 1. The van der Waals surface area contributed by atoms with Crippen molar-refractivity contribution in [2.45, 2.75) is 52.2 Å². The van der Waals surface area contributed by atoms with Gasteiger partial charge in [0, 0.05) is 17.5 Å². The summed E-state index contributed by atoms with van der Waals surface area (Å²) in [5.74, 6) is -0.438. The number of ether oxygens (including phenoxy) is 1. The third-order valence-corrected chi connectivity index (χ3v) is 5.29. The van der Waals surface area contributed by atoms with Gasteiger partial charge in [0.2, 0.25) is 12.2 Å². The van der Waals surface area contributed by atoms with E-state index < -0.39 is 5.91 Å². The Morgan fingerprint density at radius 2 is 2.07 bits per heavy atom. The lowest BCUT2D eigenvalue weighted by Crippen LogP contribution is -2.29. The summed E-state index contributed by atoms with van der Waals surface area (Å²) in [5, 5.41) is 9.05. The summed E-state index contributed by atoms with van der Waals surface area (Å²) in [6.45, 7) is 5.16. The van der Waals surface area contributed by atoms with Crippen molar-refractivity contribution >= 4 is 11.6 Å². The van der Waals surface area contributed by atoms with Crippen molar-refractivity contribution in [2.75, 3.05) is 6.61 Å².